The van der Waals surface area contributed by atoms with E-state index < -0.39 is 0 Å². The van der Waals surface area contributed by atoms with Crippen molar-refractivity contribution in [3.63, 3.8) is 0 Å². The van der Waals surface area contributed by atoms with Crippen molar-refractivity contribution in [1.29, 1.82) is 0 Å². The smallest absolute Gasteiger partial charge is 0.0575 e. The van der Waals surface area contributed by atoms with Crippen molar-refractivity contribution in [2.45, 2.75) is 38.7 Å². The Morgan fingerprint density at radius 3 is 2.73 bits per heavy atom. The molecule has 0 aliphatic heterocycles. The molecular formula is C10H19O. The Balaban J connectivity index is 3.27. The van der Waals surface area contributed by atoms with E-state index in [1.807, 2.05) is 13.0 Å². The van der Waals surface area contributed by atoms with Gasteiger partial charge in [-0.25, -0.2) is 0 Å². The van der Waals surface area contributed by atoms with Gasteiger partial charge in [-0.05, 0) is 32.6 Å². The van der Waals surface area contributed by atoms with Crippen LogP contribution in [0.15, 0.2) is 12.7 Å². The topological polar surface area (TPSA) is 9.23 Å². The average molecular weight is 155 g/mol. The Kier molecular flexibility index (Phi) is 7.59. The van der Waals surface area contributed by atoms with Crippen molar-refractivity contribution in [2.75, 3.05) is 6.61 Å². The van der Waals surface area contributed by atoms with Crippen LogP contribution in [0, 0.1) is 6.92 Å². The molecule has 0 aromatic rings. The molecule has 1 atom stereocenters. The molecule has 0 aromatic heterocycles. The number of unbranched alkanes of at least 4 members (excludes halogenated alkanes) is 1. The fourth-order valence-corrected chi connectivity index (χ4v) is 1.04. The molecule has 0 spiro atoms. The van der Waals surface area contributed by atoms with Gasteiger partial charge in [0.2, 0.25) is 0 Å². The highest BCUT2D eigenvalue weighted by Gasteiger charge is 2.03. The summed E-state index contributed by atoms with van der Waals surface area (Å²) >= 11 is 0. The first-order valence-corrected chi connectivity index (χ1v) is 4.36. The molecule has 1 unspecified atom stereocenters. The summed E-state index contributed by atoms with van der Waals surface area (Å²) in [6.07, 6.45) is 6.56. The Morgan fingerprint density at radius 1 is 1.55 bits per heavy atom. The van der Waals surface area contributed by atoms with Crippen LogP contribution >= 0.6 is 0 Å². The van der Waals surface area contributed by atoms with Gasteiger partial charge in [0.05, 0.1) is 6.10 Å². The minimum atomic E-state index is 0.361. The van der Waals surface area contributed by atoms with Gasteiger partial charge < -0.3 is 4.74 Å². The van der Waals surface area contributed by atoms with Crippen LogP contribution in [0.25, 0.3) is 0 Å². The summed E-state index contributed by atoms with van der Waals surface area (Å²) in [7, 11) is 0. The second-order valence-corrected chi connectivity index (χ2v) is 2.59. The quantitative estimate of drug-likeness (QED) is 0.405. The summed E-state index contributed by atoms with van der Waals surface area (Å²) in [6, 6.07) is 0. The predicted molar refractivity (Wildman–Crippen MR) is 49.4 cm³/mol. The zero-order chi connectivity index (χ0) is 8.53. The van der Waals surface area contributed by atoms with Crippen molar-refractivity contribution in [1.82, 2.24) is 0 Å². The second-order valence-electron chi connectivity index (χ2n) is 2.59. The van der Waals surface area contributed by atoms with Gasteiger partial charge in [-0.3, -0.25) is 0 Å². The van der Waals surface area contributed by atoms with E-state index >= 15 is 0 Å². The summed E-state index contributed by atoms with van der Waals surface area (Å²) in [5.41, 5.74) is 0. The molecule has 0 N–H and O–H groups in total. The lowest BCUT2D eigenvalue weighted by molar-refractivity contribution is 0.0573. The van der Waals surface area contributed by atoms with Crippen LogP contribution in [0.1, 0.15) is 32.6 Å². The molecule has 1 radical (unpaired) electrons. The van der Waals surface area contributed by atoms with Crippen molar-refractivity contribution in [3.05, 3.63) is 19.6 Å². The highest BCUT2D eigenvalue weighted by Crippen LogP contribution is 2.08. The van der Waals surface area contributed by atoms with Gasteiger partial charge in [0.1, 0.15) is 0 Å². The zero-order valence-electron chi connectivity index (χ0n) is 7.51. The van der Waals surface area contributed by atoms with Gasteiger partial charge >= 0.3 is 0 Å². The summed E-state index contributed by atoms with van der Waals surface area (Å²) in [5.74, 6) is 0. The van der Waals surface area contributed by atoms with Crippen LogP contribution < -0.4 is 0 Å². The Labute approximate surface area is 70.4 Å². The van der Waals surface area contributed by atoms with Crippen LogP contribution in [0.2, 0.25) is 0 Å². The summed E-state index contributed by atoms with van der Waals surface area (Å²) < 4.78 is 5.44. The van der Waals surface area contributed by atoms with Crippen LogP contribution in [-0.2, 0) is 4.74 Å². The number of ether oxygens (including phenoxy) is 1. The van der Waals surface area contributed by atoms with Gasteiger partial charge in [0.15, 0.2) is 0 Å². The summed E-state index contributed by atoms with van der Waals surface area (Å²) in [6.45, 7) is 10.3. The Bertz CT molecular complexity index is 88.9. The largest absolute Gasteiger partial charge is 0.379 e. The molecule has 0 bridgehead atoms. The molecule has 0 fully saturated rings. The predicted octanol–water partition coefficient (Wildman–Crippen LogP) is 2.97. The fourth-order valence-electron chi connectivity index (χ4n) is 1.04. The maximum atomic E-state index is 5.44. The second kappa shape index (κ2) is 7.80. The van der Waals surface area contributed by atoms with Gasteiger partial charge in [0, 0.05) is 6.61 Å². The number of allylic oxidation sites excluding steroid dienone is 1. The standard InChI is InChI=1S/C10H19O/c1-4-7-8-9-10(5-2)11-6-3/h4,10H,1-2,5-9H2,3H3. The first-order valence-electron chi connectivity index (χ1n) is 4.36. The zero-order valence-corrected chi connectivity index (χ0v) is 7.51. The average Bonchev–Trinajstić information content (AvgIpc) is 2.03. The molecule has 0 aliphatic rings. The number of hydrogen-bond donors (Lipinski definition) is 0. The van der Waals surface area contributed by atoms with E-state index in [-0.39, 0.29) is 0 Å². The fraction of sp³-hybridized carbons (Fsp3) is 0.700. The van der Waals surface area contributed by atoms with E-state index in [1.54, 1.807) is 0 Å². The van der Waals surface area contributed by atoms with E-state index in [2.05, 4.69) is 13.5 Å². The highest BCUT2D eigenvalue weighted by atomic mass is 16.5. The molecule has 0 saturated carbocycles. The minimum Gasteiger partial charge on any atom is -0.379 e. The van der Waals surface area contributed by atoms with Crippen molar-refractivity contribution in [3.8, 4) is 0 Å². The molecule has 11 heavy (non-hydrogen) atoms. The van der Waals surface area contributed by atoms with Gasteiger partial charge in [-0.2, -0.15) is 0 Å². The molecule has 0 rings (SSSR count). The lowest BCUT2D eigenvalue weighted by Gasteiger charge is -2.13. The third kappa shape index (κ3) is 6.11. The van der Waals surface area contributed by atoms with Crippen LogP contribution in [-0.4, -0.2) is 12.7 Å². The molecule has 0 aliphatic carbocycles. The summed E-state index contributed by atoms with van der Waals surface area (Å²) in [4.78, 5) is 0. The monoisotopic (exact) mass is 155 g/mol. The van der Waals surface area contributed by atoms with Gasteiger partial charge in [-0.1, -0.05) is 13.0 Å². The molecule has 0 aromatic carbocycles. The molecule has 1 heteroatoms. The molecule has 1 nitrogen and oxygen atoms in total. The van der Waals surface area contributed by atoms with Crippen molar-refractivity contribution < 1.29 is 4.74 Å². The normalized spacial score (nSPS) is 12.9. The minimum absolute atomic E-state index is 0.361. The number of rotatable bonds is 7. The van der Waals surface area contributed by atoms with E-state index in [0.29, 0.717) is 6.10 Å². The molecule has 0 amide bonds. The van der Waals surface area contributed by atoms with Gasteiger partial charge in [0.25, 0.3) is 0 Å². The lowest BCUT2D eigenvalue weighted by Crippen LogP contribution is -2.11. The maximum absolute atomic E-state index is 5.44. The van der Waals surface area contributed by atoms with E-state index in [0.717, 1.165) is 25.9 Å². The lowest BCUT2D eigenvalue weighted by atomic mass is 10.1. The first kappa shape index (κ1) is 10.7. The third-order valence-electron chi connectivity index (χ3n) is 1.66. The third-order valence-corrected chi connectivity index (χ3v) is 1.66. The molecule has 0 saturated heterocycles. The van der Waals surface area contributed by atoms with Crippen LogP contribution in [0.4, 0.5) is 0 Å². The van der Waals surface area contributed by atoms with E-state index in [4.69, 9.17) is 4.74 Å². The van der Waals surface area contributed by atoms with Crippen LogP contribution in [0.3, 0.4) is 0 Å². The number of hydrogen-bond acceptors (Lipinski definition) is 1. The SMILES string of the molecule is [CH2]CC(CCCC=C)OCC. The van der Waals surface area contributed by atoms with Crippen molar-refractivity contribution in [2.24, 2.45) is 0 Å². The molecule has 65 valence electrons. The Morgan fingerprint density at radius 2 is 2.27 bits per heavy atom. The van der Waals surface area contributed by atoms with Gasteiger partial charge in [-0.15, -0.1) is 6.58 Å². The molecule has 0 heterocycles. The van der Waals surface area contributed by atoms with Crippen LogP contribution in [0.5, 0.6) is 0 Å². The van der Waals surface area contributed by atoms with E-state index in [1.165, 1.54) is 6.42 Å². The molecular weight excluding hydrogens is 136 g/mol. The first-order chi connectivity index (χ1) is 5.35. The van der Waals surface area contributed by atoms with E-state index in [9.17, 15) is 0 Å². The summed E-state index contributed by atoms with van der Waals surface area (Å²) in [5, 5.41) is 0. The Hall–Kier alpha value is -0.300. The maximum Gasteiger partial charge on any atom is 0.0575 e. The highest BCUT2D eigenvalue weighted by molar-refractivity contribution is 4.68. The van der Waals surface area contributed by atoms with Crippen molar-refractivity contribution >= 4 is 0 Å².